The highest BCUT2D eigenvalue weighted by Gasteiger charge is 2.43. The molecule has 6 heteroatoms. The third kappa shape index (κ3) is 2.59. The zero-order valence-corrected chi connectivity index (χ0v) is 10.5. The molecule has 2 fully saturated rings. The number of aromatic nitrogens is 2. The molecule has 3 nitrogen and oxygen atoms in total. The van der Waals surface area contributed by atoms with Crippen molar-refractivity contribution in [2.75, 3.05) is 13.1 Å². The van der Waals surface area contributed by atoms with Crippen molar-refractivity contribution < 1.29 is 13.2 Å². The fraction of sp³-hybridized carbons (Fsp3) is 0.692. The first kappa shape index (κ1) is 12.8. The minimum atomic E-state index is -4.40. The van der Waals surface area contributed by atoms with Gasteiger partial charge in [0, 0.05) is 19.3 Å². The van der Waals surface area contributed by atoms with E-state index < -0.39 is 11.9 Å². The number of halogens is 3. The Hall–Kier alpha value is -1.17. The number of hydrogen-bond donors (Lipinski definition) is 1. The number of hydrogen-bond acceptors (Lipinski definition) is 3. The predicted molar refractivity (Wildman–Crippen MR) is 63.4 cm³/mol. The Morgan fingerprint density at radius 1 is 1.26 bits per heavy atom. The van der Waals surface area contributed by atoms with Crippen LogP contribution in [0.3, 0.4) is 0 Å². The minimum absolute atomic E-state index is 0.462. The maximum atomic E-state index is 12.4. The largest absolute Gasteiger partial charge is 0.434 e. The molecule has 1 N–H and O–H groups in total. The number of nitrogens with one attached hydrogen (secondary N) is 1. The monoisotopic (exact) mass is 271 g/mol. The Bertz CT molecular complexity index is 451. The molecule has 2 heterocycles. The van der Waals surface area contributed by atoms with Gasteiger partial charge in [-0.2, -0.15) is 13.2 Å². The second kappa shape index (κ2) is 4.44. The summed E-state index contributed by atoms with van der Waals surface area (Å²) in [4.78, 5) is 7.36. The van der Waals surface area contributed by atoms with E-state index in [1.54, 1.807) is 0 Å². The van der Waals surface area contributed by atoms with Crippen LogP contribution in [-0.2, 0) is 12.6 Å². The molecule has 2 aliphatic rings. The van der Waals surface area contributed by atoms with Crippen LogP contribution in [0, 0.1) is 11.3 Å². The molecule has 0 radical (unpaired) electrons. The summed E-state index contributed by atoms with van der Waals surface area (Å²) >= 11 is 0. The maximum Gasteiger partial charge on any atom is 0.434 e. The van der Waals surface area contributed by atoms with Crippen LogP contribution in [0.25, 0.3) is 0 Å². The topological polar surface area (TPSA) is 37.8 Å². The van der Waals surface area contributed by atoms with E-state index in [9.17, 15) is 13.2 Å². The molecular weight excluding hydrogens is 255 g/mol. The van der Waals surface area contributed by atoms with E-state index in [4.69, 9.17) is 0 Å². The first-order valence-electron chi connectivity index (χ1n) is 6.56. The first-order chi connectivity index (χ1) is 8.97. The van der Waals surface area contributed by atoms with Crippen molar-refractivity contribution in [2.24, 2.45) is 11.3 Å². The summed E-state index contributed by atoms with van der Waals surface area (Å²) in [5.41, 5.74) is 0.217. The van der Waals surface area contributed by atoms with Gasteiger partial charge in [0.2, 0.25) is 0 Å². The van der Waals surface area contributed by atoms with Crippen LogP contribution in [0.2, 0.25) is 0 Å². The average Bonchev–Trinajstić information content (AvgIpc) is 2.73. The zero-order chi connectivity index (χ0) is 13.5. The Balaban J connectivity index is 1.61. The van der Waals surface area contributed by atoms with Gasteiger partial charge >= 0.3 is 6.18 Å². The molecule has 1 aromatic rings. The molecule has 0 aromatic carbocycles. The highest BCUT2D eigenvalue weighted by atomic mass is 19.4. The molecule has 1 aromatic heterocycles. The van der Waals surface area contributed by atoms with Gasteiger partial charge < -0.3 is 5.32 Å². The highest BCUT2D eigenvalue weighted by molar-refractivity contribution is 5.08. The molecule has 104 valence electrons. The van der Waals surface area contributed by atoms with E-state index in [2.05, 4.69) is 15.3 Å². The first-order valence-corrected chi connectivity index (χ1v) is 6.56. The Labute approximate surface area is 109 Å². The molecule has 1 aliphatic heterocycles. The van der Waals surface area contributed by atoms with Crippen molar-refractivity contribution in [3.8, 4) is 0 Å². The summed E-state index contributed by atoms with van der Waals surface area (Å²) in [5.74, 6) is 0.535. The lowest BCUT2D eigenvalue weighted by Gasteiger charge is -2.39. The Morgan fingerprint density at radius 3 is 2.53 bits per heavy atom. The summed E-state index contributed by atoms with van der Waals surface area (Å²) in [6.45, 7) is 2.17. The van der Waals surface area contributed by atoms with Gasteiger partial charge in [0.1, 0.15) is 0 Å². The molecule has 0 amide bonds. The van der Waals surface area contributed by atoms with Gasteiger partial charge in [-0.1, -0.05) is 0 Å². The molecule has 1 saturated carbocycles. The molecule has 1 spiro atoms. The van der Waals surface area contributed by atoms with Gasteiger partial charge in [0.25, 0.3) is 0 Å². The summed E-state index contributed by atoms with van der Waals surface area (Å²) < 4.78 is 37.1. The van der Waals surface area contributed by atoms with Crippen LogP contribution in [-0.4, -0.2) is 23.1 Å². The minimum Gasteiger partial charge on any atom is -0.316 e. The number of rotatable bonds is 2. The van der Waals surface area contributed by atoms with Gasteiger partial charge in [0.05, 0.1) is 11.9 Å². The fourth-order valence-electron chi connectivity index (χ4n) is 3.20. The summed E-state index contributed by atoms with van der Waals surface area (Å²) in [5, 5.41) is 3.30. The van der Waals surface area contributed by atoms with E-state index in [0.717, 1.165) is 38.5 Å². The number of alkyl halides is 3. The molecule has 1 unspecified atom stereocenters. The molecule has 3 rings (SSSR count). The third-order valence-electron chi connectivity index (χ3n) is 4.30. The van der Waals surface area contributed by atoms with Gasteiger partial charge in [-0.15, -0.1) is 0 Å². The van der Waals surface area contributed by atoms with Crippen molar-refractivity contribution in [3.05, 3.63) is 23.8 Å². The second-order valence-electron chi connectivity index (χ2n) is 5.81. The van der Waals surface area contributed by atoms with Gasteiger partial charge in [0.15, 0.2) is 5.69 Å². The van der Waals surface area contributed by atoms with Crippen molar-refractivity contribution in [3.63, 3.8) is 0 Å². The van der Waals surface area contributed by atoms with E-state index in [1.165, 1.54) is 12.6 Å². The maximum absolute atomic E-state index is 12.4. The smallest absolute Gasteiger partial charge is 0.316 e. The lowest BCUT2D eigenvalue weighted by molar-refractivity contribution is -0.141. The van der Waals surface area contributed by atoms with Crippen LogP contribution >= 0.6 is 0 Å². The molecule has 1 saturated heterocycles. The van der Waals surface area contributed by atoms with Crippen LogP contribution in [0.4, 0.5) is 13.2 Å². The van der Waals surface area contributed by atoms with Crippen LogP contribution < -0.4 is 5.32 Å². The Morgan fingerprint density at radius 2 is 2.05 bits per heavy atom. The quantitative estimate of drug-likeness (QED) is 0.897. The zero-order valence-electron chi connectivity index (χ0n) is 10.5. The van der Waals surface area contributed by atoms with Gasteiger partial charge in [-0.25, -0.2) is 4.98 Å². The van der Waals surface area contributed by atoms with Crippen molar-refractivity contribution in [1.82, 2.24) is 15.3 Å². The summed E-state index contributed by atoms with van der Waals surface area (Å²) in [7, 11) is 0. The molecule has 1 aliphatic carbocycles. The van der Waals surface area contributed by atoms with Crippen molar-refractivity contribution in [2.45, 2.75) is 31.9 Å². The van der Waals surface area contributed by atoms with Crippen molar-refractivity contribution >= 4 is 0 Å². The highest BCUT2D eigenvalue weighted by Crippen LogP contribution is 2.45. The fourth-order valence-corrected chi connectivity index (χ4v) is 3.20. The van der Waals surface area contributed by atoms with Crippen LogP contribution in [0.15, 0.2) is 12.4 Å². The van der Waals surface area contributed by atoms with E-state index in [-0.39, 0.29) is 0 Å². The van der Waals surface area contributed by atoms with E-state index in [0.29, 0.717) is 17.0 Å². The third-order valence-corrected chi connectivity index (χ3v) is 4.30. The standard InChI is InChI=1S/C13H16F3N3/c14-13(15,16)11-6-18-10(5-19-11)3-9-1-2-12(4-9)7-17-8-12/h5-6,9,17H,1-4,7-8H2. The predicted octanol–water partition coefficient (Wildman–Crippen LogP) is 2.43. The lowest BCUT2D eigenvalue weighted by Crippen LogP contribution is -2.51. The van der Waals surface area contributed by atoms with Gasteiger partial charge in [-0.05, 0) is 37.0 Å². The average molecular weight is 271 g/mol. The molecule has 1 atom stereocenters. The van der Waals surface area contributed by atoms with Crippen LogP contribution in [0.5, 0.6) is 0 Å². The second-order valence-corrected chi connectivity index (χ2v) is 5.81. The molecular formula is C13H16F3N3. The SMILES string of the molecule is FC(F)(F)c1cnc(CC2CCC3(CNC3)C2)cn1. The number of nitrogens with zero attached hydrogens (tertiary/aromatic N) is 2. The van der Waals surface area contributed by atoms with E-state index >= 15 is 0 Å². The molecule has 0 bridgehead atoms. The summed E-state index contributed by atoms with van der Waals surface area (Å²) in [6, 6.07) is 0. The lowest BCUT2D eigenvalue weighted by atomic mass is 9.79. The van der Waals surface area contributed by atoms with Crippen LogP contribution in [0.1, 0.15) is 30.7 Å². The molecule has 19 heavy (non-hydrogen) atoms. The Kier molecular flexibility index (Phi) is 3.00. The normalized spacial score (nSPS) is 25.5. The summed E-state index contributed by atoms with van der Waals surface area (Å²) in [6.07, 6.45) is 1.97. The van der Waals surface area contributed by atoms with E-state index in [1.807, 2.05) is 0 Å². The van der Waals surface area contributed by atoms with Crippen molar-refractivity contribution in [1.29, 1.82) is 0 Å². The van der Waals surface area contributed by atoms with Gasteiger partial charge in [-0.3, -0.25) is 4.98 Å².